The van der Waals surface area contributed by atoms with Gasteiger partial charge in [0.2, 0.25) is 5.91 Å². The first-order valence-corrected chi connectivity index (χ1v) is 12.6. The predicted octanol–water partition coefficient (Wildman–Crippen LogP) is 4.84. The van der Waals surface area contributed by atoms with Gasteiger partial charge in [-0.1, -0.05) is 74.7 Å². The highest BCUT2D eigenvalue weighted by Crippen LogP contribution is 2.44. The minimum absolute atomic E-state index is 0.0237. The smallest absolute Gasteiger partial charge is 0.407 e. The van der Waals surface area contributed by atoms with E-state index in [1.165, 1.54) is 11.1 Å². The van der Waals surface area contributed by atoms with Crippen molar-refractivity contribution in [1.82, 2.24) is 10.6 Å². The van der Waals surface area contributed by atoms with Gasteiger partial charge in [-0.05, 0) is 41.5 Å². The van der Waals surface area contributed by atoms with Crippen LogP contribution in [0.15, 0.2) is 48.5 Å². The SMILES string of the molecule is CCCC(CC(=O)O)NC(=O)C1CCCCC1NC(=O)OCC1c2ccccc2-c2ccccc21. The Hall–Kier alpha value is -3.35. The van der Waals surface area contributed by atoms with Crippen LogP contribution >= 0.6 is 0 Å². The van der Waals surface area contributed by atoms with E-state index < -0.39 is 24.0 Å². The van der Waals surface area contributed by atoms with Crippen molar-refractivity contribution in [2.75, 3.05) is 6.61 Å². The van der Waals surface area contributed by atoms with E-state index in [0.717, 1.165) is 30.4 Å². The van der Waals surface area contributed by atoms with Crippen molar-refractivity contribution < 1.29 is 24.2 Å². The van der Waals surface area contributed by atoms with Crippen LogP contribution in [0.1, 0.15) is 68.9 Å². The molecule has 7 heteroatoms. The summed E-state index contributed by atoms with van der Waals surface area (Å²) in [6, 6.07) is 15.6. The zero-order valence-corrected chi connectivity index (χ0v) is 20.2. The molecule has 3 atom stereocenters. The summed E-state index contributed by atoms with van der Waals surface area (Å²) in [4.78, 5) is 37.0. The number of hydrogen-bond acceptors (Lipinski definition) is 4. The van der Waals surface area contributed by atoms with Gasteiger partial charge in [0, 0.05) is 18.0 Å². The van der Waals surface area contributed by atoms with Gasteiger partial charge in [0.05, 0.1) is 12.3 Å². The molecule has 2 aromatic rings. The Morgan fingerprint density at radius 1 is 1.00 bits per heavy atom. The van der Waals surface area contributed by atoms with E-state index in [2.05, 4.69) is 34.9 Å². The van der Waals surface area contributed by atoms with Crippen LogP contribution in [-0.2, 0) is 14.3 Å². The molecule has 0 saturated heterocycles. The largest absolute Gasteiger partial charge is 0.481 e. The van der Waals surface area contributed by atoms with Gasteiger partial charge in [-0.15, -0.1) is 0 Å². The molecule has 4 rings (SSSR count). The fourth-order valence-corrected chi connectivity index (χ4v) is 5.50. The Morgan fingerprint density at radius 2 is 1.63 bits per heavy atom. The highest BCUT2D eigenvalue weighted by Gasteiger charge is 2.34. The predicted molar refractivity (Wildman–Crippen MR) is 133 cm³/mol. The van der Waals surface area contributed by atoms with Gasteiger partial charge in [0.1, 0.15) is 6.61 Å². The van der Waals surface area contributed by atoms with Crippen LogP contribution in [0.5, 0.6) is 0 Å². The first-order valence-electron chi connectivity index (χ1n) is 12.6. The number of benzene rings is 2. The highest BCUT2D eigenvalue weighted by atomic mass is 16.5. The summed E-state index contributed by atoms with van der Waals surface area (Å²) in [5, 5.41) is 15.0. The van der Waals surface area contributed by atoms with Crippen molar-refractivity contribution in [2.45, 2.75) is 69.9 Å². The van der Waals surface area contributed by atoms with Crippen LogP contribution in [0, 0.1) is 5.92 Å². The molecule has 0 aromatic heterocycles. The monoisotopic (exact) mass is 478 g/mol. The summed E-state index contributed by atoms with van der Waals surface area (Å²) in [5.74, 6) is -1.53. The molecule has 0 spiro atoms. The molecule has 2 aliphatic carbocycles. The molecule has 7 nitrogen and oxygen atoms in total. The topological polar surface area (TPSA) is 105 Å². The van der Waals surface area contributed by atoms with Crippen LogP contribution in [-0.4, -0.2) is 41.8 Å². The minimum atomic E-state index is -0.930. The summed E-state index contributed by atoms with van der Waals surface area (Å²) in [6.45, 7) is 2.18. The van der Waals surface area contributed by atoms with Gasteiger partial charge in [0.25, 0.3) is 0 Å². The Balaban J connectivity index is 1.37. The Morgan fingerprint density at radius 3 is 2.26 bits per heavy atom. The van der Waals surface area contributed by atoms with Crippen LogP contribution in [0.2, 0.25) is 0 Å². The van der Waals surface area contributed by atoms with Crippen LogP contribution in [0.25, 0.3) is 11.1 Å². The number of hydrogen-bond donors (Lipinski definition) is 3. The lowest BCUT2D eigenvalue weighted by atomic mass is 9.83. The summed E-state index contributed by atoms with van der Waals surface area (Å²) >= 11 is 0. The minimum Gasteiger partial charge on any atom is -0.481 e. The maximum Gasteiger partial charge on any atom is 0.407 e. The number of carbonyl (C=O) groups is 3. The molecule has 35 heavy (non-hydrogen) atoms. The average molecular weight is 479 g/mol. The number of amides is 2. The molecule has 2 amide bonds. The van der Waals surface area contributed by atoms with Crippen LogP contribution < -0.4 is 10.6 Å². The third-order valence-corrected chi connectivity index (χ3v) is 7.15. The van der Waals surface area contributed by atoms with Crippen molar-refractivity contribution in [3.05, 3.63) is 59.7 Å². The third-order valence-electron chi connectivity index (χ3n) is 7.15. The number of ether oxygens (including phenoxy) is 1. The molecule has 1 fully saturated rings. The van der Waals surface area contributed by atoms with Crippen molar-refractivity contribution in [2.24, 2.45) is 5.92 Å². The lowest BCUT2D eigenvalue weighted by Gasteiger charge is -2.32. The second-order valence-electron chi connectivity index (χ2n) is 9.56. The summed E-state index contributed by atoms with van der Waals surface area (Å²) < 4.78 is 5.68. The summed E-state index contributed by atoms with van der Waals surface area (Å²) in [5.41, 5.74) is 4.64. The number of aliphatic carboxylic acids is 1. The van der Waals surface area contributed by atoms with Crippen molar-refractivity contribution in [3.63, 3.8) is 0 Å². The first-order chi connectivity index (χ1) is 17.0. The second kappa shape index (κ2) is 11.4. The second-order valence-corrected chi connectivity index (χ2v) is 9.56. The Bertz CT molecular complexity index is 1020. The van der Waals surface area contributed by atoms with Crippen LogP contribution in [0.3, 0.4) is 0 Å². The molecule has 0 aliphatic heterocycles. The standard InChI is InChI=1S/C28H34N2O5/c1-2-9-18(16-26(31)32)29-27(33)23-14-7-8-15-25(23)30-28(34)35-17-24-21-12-5-3-10-19(21)20-11-4-6-13-22(20)24/h3-6,10-13,18,23-25H,2,7-9,14-17H2,1H3,(H,29,33)(H,30,34)(H,31,32). The zero-order valence-electron chi connectivity index (χ0n) is 20.2. The van der Waals surface area contributed by atoms with E-state index >= 15 is 0 Å². The third kappa shape index (κ3) is 5.84. The maximum atomic E-state index is 13.0. The Labute approximate surface area is 206 Å². The normalized spacial score (nSPS) is 19.8. The molecule has 3 unspecified atom stereocenters. The van der Waals surface area contributed by atoms with Gasteiger partial charge in [-0.3, -0.25) is 9.59 Å². The molecule has 2 aliphatic rings. The maximum absolute atomic E-state index is 13.0. The summed E-state index contributed by atoms with van der Waals surface area (Å²) in [7, 11) is 0. The number of carboxylic acid groups (broad SMARTS) is 1. The van der Waals surface area contributed by atoms with Gasteiger partial charge in [-0.25, -0.2) is 4.79 Å². The zero-order chi connectivity index (χ0) is 24.8. The van der Waals surface area contributed by atoms with Crippen molar-refractivity contribution in [1.29, 1.82) is 0 Å². The molecule has 1 saturated carbocycles. The average Bonchev–Trinajstić information content (AvgIpc) is 3.16. The van der Waals surface area contributed by atoms with Gasteiger partial charge >= 0.3 is 12.1 Å². The fourth-order valence-electron chi connectivity index (χ4n) is 5.50. The van der Waals surface area contributed by atoms with Crippen molar-refractivity contribution >= 4 is 18.0 Å². The van der Waals surface area contributed by atoms with E-state index in [4.69, 9.17) is 9.84 Å². The number of alkyl carbamates (subject to hydrolysis) is 1. The fraction of sp³-hybridized carbons (Fsp3) is 0.464. The number of carbonyl (C=O) groups excluding carboxylic acids is 2. The Kier molecular flexibility index (Phi) is 8.06. The van der Waals surface area contributed by atoms with Gasteiger partial charge in [-0.2, -0.15) is 0 Å². The van der Waals surface area contributed by atoms with E-state index in [1.807, 2.05) is 31.2 Å². The van der Waals surface area contributed by atoms with E-state index in [-0.39, 0.29) is 30.9 Å². The number of fused-ring (bicyclic) bond motifs is 3. The molecule has 3 N–H and O–H groups in total. The highest BCUT2D eigenvalue weighted by molar-refractivity contribution is 5.82. The van der Waals surface area contributed by atoms with E-state index in [0.29, 0.717) is 19.3 Å². The summed E-state index contributed by atoms with van der Waals surface area (Å²) in [6.07, 6.45) is 3.94. The number of carboxylic acids is 1. The lowest BCUT2D eigenvalue weighted by Crippen LogP contribution is -2.50. The molecular formula is C28H34N2O5. The number of rotatable bonds is 9. The molecular weight excluding hydrogens is 444 g/mol. The van der Waals surface area contributed by atoms with Gasteiger partial charge in [0.15, 0.2) is 0 Å². The molecule has 2 aromatic carbocycles. The van der Waals surface area contributed by atoms with E-state index in [9.17, 15) is 14.4 Å². The molecule has 186 valence electrons. The van der Waals surface area contributed by atoms with Crippen molar-refractivity contribution in [3.8, 4) is 11.1 Å². The van der Waals surface area contributed by atoms with Gasteiger partial charge < -0.3 is 20.5 Å². The molecule has 0 heterocycles. The molecule has 0 radical (unpaired) electrons. The van der Waals surface area contributed by atoms with Crippen LogP contribution in [0.4, 0.5) is 4.79 Å². The lowest BCUT2D eigenvalue weighted by molar-refractivity contribution is -0.138. The quantitative estimate of drug-likeness (QED) is 0.478. The number of nitrogens with one attached hydrogen (secondary N) is 2. The molecule has 0 bridgehead atoms. The van der Waals surface area contributed by atoms with E-state index in [1.54, 1.807) is 0 Å². The first kappa shape index (κ1) is 24.8.